The van der Waals surface area contributed by atoms with Crippen molar-refractivity contribution in [2.45, 2.75) is 13.3 Å². The van der Waals surface area contributed by atoms with Crippen molar-refractivity contribution >= 4 is 11.8 Å². The van der Waals surface area contributed by atoms with Gasteiger partial charge in [0.05, 0.1) is 12.2 Å². The van der Waals surface area contributed by atoms with E-state index in [9.17, 15) is 9.59 Å². The van der Waals surface area contributed by atoms with Crippen LogP contribution in [0.2, 0.25) is 0 Å². The maximum absolute atomic E-state index is 12.9. The number of amides is 2. The number of nitrogens with one attached hydrogen (secondary N) is 1. The molecule has 1 aromatic heterocycles. The molecule has 3 rings (SSSR count). The predicted octanol–water partition coefficient (Wildman–Crippen LogP) is -0.119. The van der Waals surface area contributed by atoms with Crippen LogP contribution in [0.5, 0.6) is 0 Å². The number of benzene rings is 1. The van der Waals surface area contributed by atoms with Crippen LogP contribution in [0.3, 0.4) is 0 Å². The predicted molar refractivity (Wildman–Crippen MR) is 106 cm³/mol. The second kappa shape index (κ2) is 10.1. The molecule has 1 saturated heterocycles. The summed E-state index contributed by atoms with van der Waals surface area (Å²) in [4.78, 5) is 28.7. The van der Waals surface area contributed by atoms with Gasteiger partial charge in [-0.2, -0.15) is 0 Å². The van der Waals surface area contributed by atoms with Crippen molar-refractivity contribution in [2.75, 3.05) is 53.0 Å². The third kappa shape index (κ3) is 5.58. The molecule has 2 amide bonds. The summed E-state index contributed by atoms with van der Waals surface area (Å²) >= 11 is 0. The van der Waals surface area contributed by atoms with Crippen molar-refractivity contribution in [1.82, 2.24) is 35.3 Å². The number of nitrogens with zero attached hydrogens (tertiary/aromatic N) is 6. The molecule has 1 aromatic carbocycles. The Morgan fingerprint density at radius 3 is 2.66 bits per heavy atom. The topological polar surface area (TPSA) is 105 Å². The Labute approximate surface area is 169 Å². The molecule has 0 radical (unpaired) electrons. The summed E-state index contributed by atoms with van der Waals surface area (Å²) in [5.41, 5.74) is 2.41. The van der Waals surface area contributed by atoms with Crippen LogP contribution in [0.4, 0.5) is 0 Å². The molecular weight excluding hydrogens is 374 g/mol. The van der Waals surface area contributed by atoms with Gasteiger partial charge in [-0.1, -0.05) is 0 Å². The highest BCUT2D eigenvalue weighted by Gasteiger charge is 2.23. The maximum atomic E-state index is 12.9. The third-order valence-corrected chi connectivity index (χ3v) is 4.91. The van der Waals surface area contributed by atoms with E-state index < -0.39 is 0 Å². The fraction of sp³-hybridized carbons (Fsp3) is 0.526. The number of rotatable bonds is 8. The molecular formula is C19H27N7O3. The Balaban J connectivity index is 1.49. The summed E-state index contributed by atoms with van der Waals surface area (Å²) in [5, 5.41) is 14.1. The third-order valence-electron chi connectivity index (χ3n) is 4.91. The first-order chi connectivity index (χ1) is 14.1. The van der Waals surface area contributed by atoms with Crippen LogP contribution in [0.25, 0.3) is 5.69 Å². The van der Waals surface area contributed by atoms with Crippen LogP contribution in [0.15, 0.2) is 24.5 Å². The number of aryl methyl sites for hydroxylation is 1. The minimum atomic E-state index is 0.0000301. The average Bonchev–Trinajstić information content (AvgIpc) is 3.26. The Kier molecular flexibility index (Phi) is 7.25. The Hall–Kier alpha value is -2.85. The summed E-state index contributed by atoms with van der Waals surface area (Å²) in [7, 11) is 1.65. The first-order valence-corrected chi connectivity index (χ1v) is 9.70. The van der Waals surface area contributed by atoms with Crippen molar-refractivity contribution in [3.63, 3.8) is 0 Å². The van der Waals surface area contributed by atoms with Gasteiger partial charge in [-0.05, 0) is 47.5 Å². The summed E-state index contributed by atoms with van der Waals surface area (Å²) in [5.74, 6) is 0.00901. The molecule has 0 spiro atoms. The van der Waals surface area contributed by atoms with E-state index in [1.807, 2.05) is 24.0 Å². The smallest absolute Gasteiger partial charge is 0.253 e. The van der Waals surface area contributed by atoms with E-state index in [1.54, 1.807) is 17.9 Å². The highest BCUT2D eigenvalue weighted by Crippen LogP contribution is 2.16. The number of hydrogen-bond donors (Lipinski definition) is 1. The normalized spacial score (nSPS) is 14.8. The Bertz CT molecular complexity index is 817. The molecule has 0 saturated carbocycles. The lowest BCUT2D eigenvalue weighted by Crippen LogP contribution is -2.51. The summed E-state index contributed by atoms with van der Waals surface area (Å²) in [6.45, 7) is 6.10. The molecule has 1 N–H and O–H groups in total. The van der Waals surface area contributed by atoms with Crippen molar-refractivity contribution in [3.8, 4) is 5.69 Å². The van der Waals surface area contributed by atoms with Crippen LogP contribution in [0.1, 0.15) is 22.3 Å². The van der Waals surface area contributed by atoms with Crippen LogP contribution < -0.4 is 5.32 Å². The van der Waals surface area contributed by atoms with Crippen molar-refractivity contribution in [3.05, 3.63) is 35.7 Å². The highest BCUT2D eigenvalue weighted by atomic mass is 16.5. The van der Waals surface area contributed by atoms with Gasteiger partial charge in [-0.3, -0.25) is 14.5 Å². The average molecular weight is 401 g/mol. The van der Waals surface area contributed by atoms with E-state index in [4.69, 9.17) is 4.74 Å². The van der Waals surface area contributed by atoms with Crippen LogP contribution in [-0.4, -0.2) is 94.8 Å². The van der Waals surface area contributed by atoms with Gasteiger partial charge in [0.15, 0.2) is 0 Å². The number of hydrogen-bond acceptors (Lipinski definition) is 7. The van der Waals surface area contributed by atoms with Crippen LogP contribution in [-0.2, 0) is 9.53 Å². The summed E-state index contributed by atoms with van der Waals surface area (Å²) in [6, 6.07) is 5.51. The summed E-state index contributed by atoms with van der Waals surface area (Å²) in [6.07, 6.45) is 2.33. The monoisotopic (exact) mass is 401 g/mol. The van der Waals surface area contributed by atoms with Gasteiger partial charge >= 0.3 is 0 Å². The van der Waals surface area contributed by atoms with Crippen molar-refractivity contribution in [1.29, 1.82) is 0 Å². The molecule has 0 atom stereocenters. The van der Waals surface area contributed by atoms with E-state index in [-0.39, 0.29) is 11.8 Å². The van der Waals surface area contributed by atoms with Gasteiger partial charge in [0.1, 0.15) is 6.33 Å². The molecule has 0 unspecified atom stereocenters. The molecule has 29 heavy (non-hydrogen) atoms. The number of piperazine rings is 1. The molecule has 10 nitrogen and oxygen atoms in total. The maximum Gasteiger partial charge on any atom is 0.253 e. The first-order valence-electron chi connectivity index (χ1n) is 9.70. The molecule has 2 aromatic rings. The standard InChI is InChI=1S/C19H27N7O3/c1-15-12-16(4-5-17(15)26-14-21-22-23-26)19(28)25-9-7-24(8-10-25)13-18(27)20-6-3-11-29-2/h4-5,12,14H,3,6-11,13H2,1-2H3,(H,20,27). The van der Waals surface area contributed by atoms with Gasteiger partial charge < -0.3 is 15.0 Å². The van der Waals surface area contributed by atoms with E-state index in [1.165, 1.54) is 6.33 Å². The molecule has 1 aliphatic heterocycles. The minimum absolute atomic E-state index is 0.0000301. The van der Waals surface area contributed by atoms with Gasteiger partial charge in [0.25, 0.3) is 5.91 Å². The van der Waals surface area contributed by atoms with Crippen molar-refractivity contribution in [2.24, 2.45) is 0 Å². The minimum Gasteiger partial charge on any atom is -0.385 e. The number of tetrazole rings is 1. The first kappa shape index (κ1) is 20.9. The van der Waals surface area contributed by atoms with Gasteiger partial charge in [-0.15, -0.1) is 5.10 Å². The lowest BCUT2D eigenvalue weighted by molar-refractivity contribution is -0.122. The zero-order valence-corrected chi connectivity index (χ0v) is 16.9. The van der Waals surface area contributed by atoms with Crippen LogP contribution in [0, 0.1) is 6.92 Å². The molecule has 156 valence electrons. The SMILES string of the molecule is COCCCNC(=O)CN1CCN(C(=O)c2ccc(-n3cnnn3)c(C)c2)CC1. The molecule has 1 aliphatic rings. The lowest BCUT2D eigenvalue weighted by atomic mass is 10.1. The fourth-order valence-electron chi connectivity index (χ4n) is 3.31. The molecule has 10 heteroatoms. The quantitative estimate of drug-likeness (QED) is 0.615. The summed E-state index contributed by atoms with van der Waals surface area (Å²) < 4.78 is 6.54. The van der Waals surface area contributed by atoms with Gasteiger partial charge in [-0.25, -0.2) is 4.68 Å². The second-order valence-electron chi connectivity index (χ2n) is 7.02. The van der Waals surface area contributed by atoms with Crippen molar-refractivity contribution < 1.29 is 14.3 Å². The molecule has 0 bridgehead atoms. The highest BCUT2D eigenvalue weighted by molar-refractivity contribution is 5.94. The zero-order chi connectivity index (χ0) is 20.6. The Morgan fingerprint density at radius 2 is 2.00 bits per heavy atom. The number of aromatic nitrogens is 4. The number of carbonyl (C=O) groups excluding carboxylic acids is 2. The largest absolute Gasteiger partial charge is 0.385 e. The lowest BCUT2D eigenvalue weighted by Gasteiger charge is -2.34. The van der Waals surface area contributed by atoms with Crippen LogP contribution >= 0.6 is 0 Å². The number of ether oxygens (including phenoxy) is 1. The Morgan fingerprint density at radius 1 is 1.21 bits per heavy atom. The molecule has 2 heterocycles. The fourth-order valence-corrected chi connectivity index (χ4v) is 3.31. The van der Waals surface area contributed by atoms with Gasteiger partial charge in [0.2, 0.25) is 5.91 Å². The molecule has 0 aliphatic carbocycles. The molecule has 1 fully saturated rings. The number of methoxy groups -OCH3 is 1. The second-order valence-corrected chi connectivity index (χ2v) is 7.02. The van der Waals surface area contributed by atoms with E-state index in [0.717, 1.165) is 17.7 Å². The van der Waals surface area contributed by atoms with E-state index in [0.29, 0.717) is 51.4 Å². The van der Waals surface area contributed by atoms with E-state index in [2.05, 4.69) is 25.7 Å². The van der Waals surface area contributed by atoms with E-state index >= 15 is 0 Å². The number of carbonyl (C=O) groups is 2. The zero-order valence-electron chi connectivity index (χ0n) is 16.9. The van der Waals surface area contributed by atoms with Gasteiger partial charge in [0, 0.05) is 52.0 Å².